The monoisotopic (exact) mass is 289 g/mol. The first-order valence-corrected chi connectivity index (χ1v) is 7.36. The molecular weight excluding hydrogens is 274 g/mol. The zero-order valence-corrected chi connectivity index (χ0v) is 12.0. The maximum Gasteiger partial charge on any atom is 0.357 e. The lowest BCUT2D eigenvalue weighted by Gasteiger charge is -2.19. The van der Waals surface area contributed by atoms with Crippen LogP contribution in [-0.2, 0) is 24.1 Å². The van der Waals surface area contributed by atoms with Gasteiger partial charge in [0.1, 0.15) is 5.82 Å². The van der Waals surface area contributed by atoms with Crippen LogP contribution in [0.1, 0.15) is 32.4 Å². The number of methoxy groups -OCH3 is 1. The van der Waals surface area contributed by atoms with E-state index in [1.807, 2.05) is 17.5 Å². The Labute approximate surface area is 121 Å². The summed E-state index contributed by atoms with van der Waals surface area (Å²) in [7, 11) is 1.39. The number of aromatic nitrogens is 2. The summed E-state index contributed by atoms with van der Waals surface area (Å²) in [5, 5.41) is 5.30. The number of rotatable bonds is 3. The number of ether oxygens (including phenoxy) is 1. The first-order valence-electron chi connectivity index (χ1n) is 6.48. The minimum Gasteiger partial charge on any atom is -0.464 e. The van der Waals surface area contributed by atoms with Crippen LogP contribution in [0.25, 0.3) is 0 Å². The molecule has 0 saturated carbocycles. The minimum absolute atomic E-state index is 0.377. The van der Waals surface area contributed by atoms with Crippen molar-refractivity contribution in [1.82, 2.24) is 15.3 Å². The molecule has 0 aliphatic carbocycles. The van der Waals surface area contributed by atoms with Crippen LogP contribution in [0.2, 0.25) is 0 Å². The minimum atomic E-state index is -0.377. The topological polar surface area (TPSA) is 64.1 Å². The highest BCUT2D eigenvalue weighted by atomic mass is 32.1. The number of hydrogen-bond donors (Lipinski definition) is 1. The van der Waals surface area contributed by atoms with Crippen molar-refractivity contribution in [3.05, 3.63) is 45.2 Å². The highest BCUT2D eigenvalue weighted by molar-refractivity contribution is 7.09. The number of fused-ring (bicyclic) bond motifs is 1. The van der Waals surface area contributed by atoms with Gasteiger partial charge < -0.3 is 10.1 Å². The number of esters is 1. The number of thiophene rings is 1. The van der Waals surface area contributed by atoms with Gasteiger partial charge in [0, 0.05) is 23.4 Å². The van der Waals surface area contributed by atoms with Gasteiger partial charge >= 0.3 is 5.97 Å². The molecule has 0 unspecified atom stereocenters. The molecule has 20 heavy (non-hydrogen) atoms. The summed E-state index contributed by atoms with van der Waals surface area (Å²) in [6.45, 7) is 1.52. The van der Waals surface area contributed by atoms with Crippen LogP contribution in [0.3, 0.4) is 0 Å². The summed E-state index contributed by atoms with van der Waals surface area (Å²) in [5.74, 6) is 0.299. The fourth-order valence-corrected chi connectivity index (χ4v) is 3.03. The fraction of sp³-hybridized carbons (Fsp3) is 0.357. The van der Waals surface area contributed by atoms with Crippen LogP contribution in [-0.4, -0.2) is 29.6 Å². The number of carbonyl (C=O) groups excluding carboxylic acids is 1. The summed E-state index contributed by atoms with van der Waals surface area (Å²) in [6.07, 6.45) is 1.41. The number of nitrogens with zero attached hydrogens (tertiary/aromatic N) is 2. The molecule has 0 amide bonds. The second-order valence-corrected chi connectivity index (χ2v) is 5.62. The number of carbonyl (C=O) groups is 1. The SMILES string of the molecule is COC(=O)c1nc(Cc2cccs2)nc2c1CCNC2. The van der Waals surface area contributed by atoms with E-state index in [0.29, 0.717) is 24.5 Å². The van der Waals surface area contributed by atoms with Gasteiger partial charge in [-0.3, -0.25) is 0 Å². The Morgan fingerprint density at radius 1 is 1.50 bits per heavy atom. The summed E-state index contributed by atoms with van der Waals surface area (Å²) < 4.78 is 4.85. The normalized spacial score (nSPS) is 13.8. The van der Waals surface area contributed by atoms with Gasteiger partial charge in [-0.2, -0.15) is 0 Å². The lowest BCUT2D eigenvalue weighted by molar-refractivity contribution is 0.0591. The predicted octanol–water partition coefficient (Wildman–Crippen LogP) is 1.56. The van der Waals surface area contributed by atoms with Crippen LogP contribution in [0, 0.1) is 0 Å². The van der Waals surface area contributed by atoms with Crippen LogP contribution < -0.4 is 5.32 Å². The molecule has 1 aliphatic rings. The zero-order valence-electron chi connectivity index (χ0n) is 11.2. The summed E-state index contributed by atoms with van der Waals surface area (Å²) in [6, 6.07) is 4.05. The van der Waals surface area contributed by atoms with Gasteiger partial charge in [0.2, 0.25) is 0 Å². The molecule has 0 radical (unpaired) electrons. The molecule has 6 heteroatoms. The Bertz CT molecular complexity index is 626. The number of hydrogen-bond acceptors (Lipinski definition) is 6. The van der Waals surface area contributed by atoms with E-state index in [0.717, 1.165) is 24.2 Å². The van der Waals surface area contributed by atoms with Crippen molar-refractivity contribution in [3.8, 4) is 0 Å². The molecule has 0 aromatic carbocycles. The summed E-state index contributed by atoms with van der Waals surface area (Å²) in [4.78, 5) is 22.1. The molecule has 1 aliphatic heterocycles. The molecule has 2 aromatic rings. The molecule has 3 rings (SSSR count). The maximum absolute atomic E-state index is 11.9. The van der Waals surface area contributed by atoms with E-state index in [-0.39, 0.29) is 5.97 Å². The highest BCUT2D eigenvalue weighted by Gasteiger charge is 2.22. The Balaban J connectivity index is 2.01. The van der Waals surface area contributed by atoms with Crippen molar-refractivity contribution < 1.29 is 9.53 Å². The zero-order chi connectivity index (χ0) is 13.9. The number of nitrogens with one attached hydrogen (secondary N) is 1. The smallest absolute Gasteiger partial charge is 0.357 e. The van der Waals surface area contributed by atoms with Crippen molar-refractivity contribution in [2.75, 3.05) is 13.7 Å². The average Bonchev–Trinajstić information content (AvgIpc) is 2.98. The quantitative estimate of drug-likeness (QED) is 0.869. The molecule has 0 bridgehead atoms. The first-order chi connectivity index (χ1) is 9.78. The van der Waals surface area contributed by atoms with Gasteiger partial charge in [-0.25, -0.2) is 14.8 Å². The Hall–Kier alpha value is -1.79. The first kappa shape index (κ1) is 13.2. The highest BCUT2D eigenvalue weighted by Crippen LogP contribution is 2.19. The van der Waals surface area contributed by atoms with Crippen molar-refractivity contribution in [2.24, 2.45) is 0 Å². The molecule has 0 fully saturated rings. The standard InChI is InChI=1S/C14H15N3O2S/c1-19-14(18)13-10-4-5-15-8-11(10)16-12(17-13)7-9-3-2-6-20-9/h2-3,6,15H,4-5,7-8H2,1H3. The lowest BCUT2D eigenvalue weighted by Crippen LogP contribution is -2.28. The molecular formula is C14H15N3O2S. The van der Waals surface area contributed by atoms with E-state index >= 15 is 0 Å². The third kappa shape index (κ3) is 2.57. The maximum atomic E-state index is 11.9. The Kier molecular flexibility index (Phi) is 3.75. The van der Waals surface area contributed by atoms with E-state index in [9.17, 15) is 4.79 Å². The molecule has 0 atom stereocenters. The van der Waals surface area contributed by atoms with Gasteiger partial charge in [0.25, 0.3) is 0 Å². The average molecular weight is 289 g/mol. The fourth-order valence-electron chi connectivity index (χ4n) is 2.32. The molecule has 1 N–H and O–H groups in total. The van der Waals surface area contributed by atoms with E-state index in [1.165, 1.54) is 12.0 Å². The van der Waals surface area contributed by atoms with Crippen LogP contribution in [0.4, 0.5) is 0 Å². The lowest BCUT2D eigenvalue weighted by atomic mass is 10.0. The summed E-state index contributed by atoms with van der Waals surface area (Å²) >= 11 is 1.66. The molecule has 0 saturated heterocycles. The van der Waals surface area contributed by atoms with Gasteiger partial charge in [-0.05, 0) is 24.4 Å². The van der Waals surface area contributed by atoms with Gasteiger partial charge in [-0.15, -0.1) is 11.3 Å². The third-order valence-corrected chi connectivity index (χ3v) is 4.15. The van der Waals surface area contributed by atoms with Crippen molar-refractivity contribution >= 4 is 17.3 Å². The van der Waals surface area contributed by atoms with Crippen molar-refractivity contribution in [2.45, 2.75) is 19.4 Å². The summed E-state index contributed by atoms with van der Waals surface area (Å²) in [5.41, 5.74) is 2.26. The Morgan fingerprint density at radius 2 is 2.40 bits per heavy atom. The molecule has 5 nitrogen and oxygen atoms in total. The van der Waals surface area contributed by atoms with Gasteiger partial charge in [-0.1, -0.05) is 6.07 Å². The molecule has 2 aromatic heterocycles. The second-order valence-electron chi connectivity index (χ2n) is 4.59. The largest absolute Gasteiger partial charge is 0.464 e. The molecule has 0 spiro atoms. The predicted molar refractivity (Wildman–Crippen MR) is 75.9 cm³/mol. The third-order valence-electron chi connectivity index (χ3n) is 3.27. The van der Waals surface area contributed by atoms with Crippen LogP contribution in [0.15, 0.2) is 17.5 Å². The van der Waals surface area contributed by atoms with Crippen LogP contribution >= 0.6 is 11.3 Å². The van der Waals surface area contributed by atoms with Crippen molar-refractivity contribution in [1.29, 1.82) is 0 Å². The van der Waals surface area contributed by atoms with Crippen molar-refractivity contribution in [3.63, 3.8) is 0 Å². The molecule has 3 heterocycles. The van der Waals surface area contributed by atoms with E-state index < -0.39 is 0 Å². The van der Waals surface area contributed by atoms with E-state index in [2.05, 4.69) is 15.3 Å². The molecule has 104 valence electrons. The van der Waals surface area contributed by atoms with E-state index in [1.54, 1.807) is 11.3 Å². The van der Waals surface area contributed by atoms with Gasteiger partial charge in [0.05, 0.1) is 12.8 Å². The Morgan fingerprint density at radius 3 is 3.15 bits per heavy atom. The van der Waals surface area contributed by atoms with E-state index in [4.69, 9.17) is 4.74 Å². The van der Waals surface area contributed by atoms with Crippen LogP contribution in [0.5, 0.6) is 0 Å². The second kappa shape index (κ2) is 5.68. The van der Waals surface area contributed by atoms with Gasteiger partial charge in [0.15, 0.2) is 5.69 Å².